The van der Waals surface area contributed by atoms with Crippen molar-refractivity contribution < 1.29 is 19.8 Å². The molecule has 0 spiro atoms. The molecule has 0 saturated carbocycles. The predicted octanol–water partition coefficient (Wildman–Crippen LogP) is 3.85. The van der Waals surface area contributed by atoms with Crippen LogP contribution < -0.4 is 0 Å². The summed E-state index contributed by atoms with van der Waals surface area (Å²) < 4.78 is 0. The Morgan fingerprint density at radius 3 is 2.00 bits per heavy atom. The lowest BCUT2D eigenvalue weighted by Gasteiger charge is -2.08. The van der Waals surface area contributed by atoms with Gasteiger partial charge in [-0.3, -0.25) is 0 Å². The minimum absolute atomic E-state index is 0.145. The monoisotopic (exact) mass is 344 g/mol. The van der Waals surface area contributed by atoms with Crippen molar-refractivity contribution in [2.75, 3.05) is 0 Å². The van der Waals surface area contributed by atoms with Gasteiger partial charge in [0.2, 0.25) is 0 Å². The van der Waals surface area contributed by atoms with Gasteiger partial charge in [0.1, 0.15) is 0 Å². The van der Waals surface area contributed by atoms with Gasteiger partial charge in [0.15, 0.2) is 0 Å². The van der Waals surface area contributed by atoms with Crippen molar-refractivity contribution in [3.05, 3.63) is 71.8 Å². The number of fused-ring (bicyclic) bond motifs is 2. The van der Waals surface area contributed by atoms with Crippen LogP contribution in [0.25, 0.3) is 33.2 Å². The third-order valence-corrected chi connectivity index (χ3v) is 4.17. The maximum Gasteiger partial charge on any atom is 0.336 e. The zero-order chi connectivity index (χ0) is 18.3. The van der Waals surface area contributed by atoms with E-state index in [1.165, 1.54) is 12.1 Å². The lowest BCUT2D eigenvalue weighted by atomic mass is 10.0. The van der Waals surface area contributed by atoms with Crippen molar-refractivity contribution in [3.63, 3.8) is 0 Å². The highest BCUT2D eigenvalue weighted by Gasteiger charge is 2.15. The van der Waals surface area contributed by atoms with Gasteiger partial charge in [-0.1, -0.05) is 24.3 Å². The summed E-state index contributed by atoms with van der Waals surface area (Å²) in [6, 6.07) is 16.7. The zero-order valence-electron chi connectivity index (χ0n) is 13.4. The summed E-state index contributed by atoms with van der Waals surface area (Å²) >= 11 is 0. The minimum Gasteiger partial charge on any atom is -0.478 e. The highest BCUT2D eigenvalue weighted by molar-refractivity contribution is 6.04. The fourth-order valence-electron chi connectivity index (χ4n) is 2.97. The summed E-state index contributed by atoms with van der Waals surface area (Å²) in [5.74, 6) is -2.07. The quantitative estimate of drug-likeness (QED) is 0.585. The van der Waals surface area contributed by atoms with Crippen molar-refractivity contribution in [2.45, 2.75) is 0 Å². The highest BCUT2D eigenvalue weighted by atomic mass is 16.4. The molecule has 0 saturated heterocycles. The summed E-state index contributed by atoms with van der Waals surface area (Å²) in [5, 5.41) is 19.9. The SMILES string of the molecule is O=C(O)c1cccc2nc(-c3cc(C(=O)O)c4ccccc4n3)ccc12. The van der Waals surface area contributed by atoms with E-state index in [2.05, 4.69) is 9.97 Å². The molecule has 0 amide bonds. The number of carbonyl (C=O) groups is 2. The average Bonchev–Trinajstić information content (AvgIpc) is 2.65. The van der Waals surface area contributed by atoms with E-state index in [4.69, 9.17) is 0 Å². The van der Waals surface area contributed by atoms with Crippen LogP contribution in [0.1, 0.15) is 20.7 Å². The van der Waals surface area contributed by atoms with Crippen LogP contribution in [0.2, 0.25) is 0 Å². The summed E-state index contributed by atoms with van der Waals surface area (Å²) in [7, 11) is 0. The van der Waals surface area contributed by atoms with Gasteiger partial charge in [-0.15, -0.1) is 0 Å². The number of carboxylic acids is 2. The van der Waals surface area contributed by atoms with E-state index in [0.29, 0.717) is 33.2 Å². The van der Waals surface area contributed by atoms with Crippen molar-refractivity contribution >= 4 is 33.7 Å². The molecule has 6 nitrogen and oxygen atoms in total. The van der Waals surface area contributed by atoms with E-state index in [-0.39, 0.29) is 11.1 Å². The molecule has 0 aliphatic heterocycles. The molecule has 0 aliphatic rings. The Kier molecular flexibility index (Phi) is 3.58. The van der Waals surface area contributed by atoms with Crippen molar-refractivity contribution in [1.82, 2.24) is 9.97 Å². The lowest BCUT2D eigenvalue weighted by molar-refractivity contribution is 0.0688. The minimum atomic E-state index is -1.04. The number of carboxylic acid groups (broad SMARTS) is 2. The second-order valence-electron chi connectivity index (χ2n) is 5.75. The molecular formula is C20H12N2O4. The fourth-order valence-corrected chi connectivity index (χ4v) is 2.97. The molecule has 2 aromatic heterocycles. The second kappa shape index (κ2) is 5.93. The molecule has 0 bridgehead atoms. The van der Waals surface area contributed by atoms with Gasteiger partial charge in [0.05, 0.1) is 33.5 Å². The van der Waals surface area contributed by atoms with Gasteiger partial charge in [-0.25, -0.2) is 19.6 Å². The van der Waals surface area contributed by atoms with Crippen LogP contribution in [-0.4, -0.2) is 32.1 Å². The largest absolute Gasteiger partial charge is 0.478 e. The molecule has 6 heteroatoms. The molecule has 0 radical (unpaired) electrons. The number of aromatic carboxylic acids is 2. The number of hydrogen-bond acceptors (Lipinski definition) is 4. The average molecular weight is 344 g/mol. The Bertz CT molecular complexity index is 1200. The Labute approximate surface area is 147 Å². The molecule has 26 heavy (non-hydrogen) atoms. The number of nitrogens with zero attached hydrogens (tertiary/aromatic N) is 2. The number of benzene rings is 2. The Morgan fingerprint density at radius 1 is 0.654 bits per heavy atom. The molecule has 2 aromatic carbocycles. The first-order valence-electron chi connectivity index (χ1n) is 7.81. The Morgan fingerprint density at radius 2 is 1.27 bits per heavy atom. The van der Waals surface area contributed by atoms with Gasteiger partial charge in [-0.05, 0) is 36.4 Å². The molecule has 2 heterocycles. The number of pyridine rings is 2. The summed E-state index contributed by atoms with van der Waals surface area (Å²) in [6.07, 6.45) is 0. The summed E-state index contributed by atoms with van der Waals surface area (Å²) in [5.41, 5.74) is 2.28. The molecule has 0 aliphatic carbocycles. The fraction of sp³-hybridized carbons (Fsp3) is 0. The molecule has 4 aromatic rings. The first-order valence-corrected chi connectivity index (χ1v) is 7.81. The first kappa shape index (κ1) is 15.7. The molecular weight excluding hydrogens is 332 g/mol. The third kappa shape index (κ3) is 2.53. The van der Waals surface area contributed by atoms with Crippen LogP contribution >= 0.6 is 0 Å². The van der Waals surface area contributed by atoms with Crippen LogP contribution in [0.3, 0.4) is 0 Å². The molecule has 4 rings (SSSR count). The van der Waals surface area contributed by atoms with E-state index in [9.17, 15) is 19.8 Å². The van der Waals surface area contributed by atoms with Gasteiger partial charge in [0.25, 0.3) is 0 Å². The highest BCUT2D eigenvalue weighted by Crippen LogP contribution is 2.26. The number of hydrogen-bond donors (Lipinski definition) is 2. The predicted molar refractivity (Wildman–Crippen MR) is 96.4 cm³/mol. The topological polar surface area (TPSA) is 100 Å². The number of aromatic nitrogens is 2. The van der Waals surface area contributed by atoms with Crippen LogP contribution in [0.15, 0.2) is 60.7 Å². The molecule has 0 unspecified atom stereocenters. The van der Waals surface area contributed by atoms with Gasteiger partial charge in [-0.2, -0.15) is 0 Å². The number of rotatable bonds is 3. The van der Waals surface area contributed by atoms with E-state index >= 15 is 0 Å². The van der Waals surface area contributed by atoms with E-state index < -0.39 is 11.9 Å². The van der Waals surface area contributed by atoms with Crippen molar-refractivity contribution in [3.8, 4) is 11.4 Å². The van der Waals surface area contributed by atoms with Crippen LogP contribution in [0, 0.1) is 0 Å². The molecule has 2 N–H and O–H groups in total. The maximum atomic E-state index is 11.6. The lowest BCUT2D eigenvalue weighted by Crippen LogP contribution is -2.01. The van der Waals surface area contributed by atoms with Gasteiger partial charge >= 0.3 is 11.9 Å². The van der Waals surface area contributed by atoms with Gasteiger partial charge in [0, 0.05) is 10.8 Å². The van der Waals surface area contributed by atoms with E-state index in [1.807, 2.05) is 0 Å². The van der Waals surface area contributed by atoms with Gasteiger partial charge < -0.3 is 10.2 Å². The second-order valence-corrected chi connectivity index (χ2v) is 5.75. The Hall–Kier alpha value is -3.80. The zero-order valence-corrected chi connectivity index (χ0v) is 13.4. The Balaban J connectivity index is 1.95. The summed E-state index contributed by atoms with van der Waals surface area (Å²) in [6.45, 7) is 0. The summed E-state index contributed by atoms with van der Waals surface area (Å²) in [4.78, 5) is 31.9. The maximum absolute atomic E-state index is 11.6. The normalized spacial score (nSPS) is 10.9. The van der Waals surface area contributed by atoms with E-state index in [1.54, 1.807) is 48.5 Å². The van der Waals surface area contributed by atoms with Crippen LogP contribution in [0.5, 0.6) is 0 Å². The molecule has 126 valence electrons. The van der Waals surface area contributed by atoms with E-state index in [0.717, 1.165) is 0 Å². The standard InChI is InChI=1S/C20H12N2O4/c23-19(24)13-5-3-7-16-12(13)8-9-17(21-16)18-10-14(20(25)26)11-4-1-2-6-15(11)22-18/h1-10H,(H,23,24)(H,25,26). The number of para-hydroxylation sites is 1. The van der Waals surface area contributed by atoms with Crippen molar-refractivity contribution in [1.29, 1.82) is 0 Å². The molecule has 0 fully saturated rings. The van der Waals surface area contributed by atoms with Crippen LogP contribution in [0.4, 0.5) is 0 Å². The molecule has 0 atom stereocenters. The smallest absolute Gasteiger partial charge is 0.336 e. The third-order valence-electron chi connectivity index (χ3n) is 4.17. The van der Waals surface area contributed by atoms with Crippen LogP contribution in [-0.2, 0) is 0 Å². The first-order chi connectivity index (χ1) is 12.5. The van der Waals surface area contributed by atoms with Crippen molar-refractivity contribution in [2.24, 2.45) is 0 Å².